The van der Waals surface area contributed by atoms with Crippen LogP contribution in [0.5, 0.6) is 0 Å². The lowest BCUT2D eigenvalue weighted by molar-refractivity contribution is -0.141. The Bertz CT molecular complexity index is 1250. The Kier molecular flexibility index (Phi) is 6.65. The monoisotopic (exact) mass is 487 g/mol. The summed E-state index contributed by atoms with van der Waals surface area (Å²) in [5.41, 5.74) is -1.28. The summed E-state index contributed by atoms with van der Waals surface area (Å²) in [7, 11) is -4.33. The van der Waals surface area contributed by atoms with Gasteiger partial charge in [0.25, 0.3) is 10.0 Å². The highest BCUT2D eigenvalue weighted by Gasteiger charge is 2.35. The summed E-state index contributed by atoms with van der Waals surface area (Å²) < 4.78 is 81.8. The van der Waals surface area contributed by atoms with Crippen molar-refractivity contribution in [3.63, 3.8) is 0 Å². The zero-order valence-corrected chi connectivity index (χ0v) is 18.4. The molecule has 1 aromatic heterocycles. The van der Waals surface area contributed by atoms with E-state index in [1.807, 2.05) is 6.26 Å². The van der Waals surface area contributed by atoms with E-state index in [1.54, 1.807) is 29.0 Å². The highest BCUT2D eigenvalue weighted by Crippen LogP contribution is 2.34. The van der Waals surface area contributed by atoms with Crippen LogP contribution in [0.1, 0.15) is 19.0 Å². The number of carbonyl (C=O) groups is 1. The molecule has 1 heterocycles. The zero-order chi connectivity index (χ0) is 23.7. The molecular formula is C20H17F4N3O3S2. The van der Waals surface area contributed by atoms with Gasteiger partial charge in [0.15, 0.2) is 5.69 Å². The first kappa shape index (κ1) is 23.8. The van der Waals surface area contributed by atoms with Gasteiger partial charge in [0.2, 0.25) is 5.91 Å². The van der Waals surface area contributed by atoms with Crippen LogP contribution in [0.2, 0.25) is 0 Å². The molecule has 0 bridgehead atoms. The second-order valence-electron chi connectivity index (χ2n) is 6.55. The third-order valence-corrected chi connectivity index (χ3v) is 6.53. The van der Waals surface area contributed by atoms with E-state index in [4.69, 9.17) is 0 Å². The number of alkyl halides is 3. The summed E-state index contributed by atoms with van der Waals surface area (Å²) in [5.74, 6) is -1.91. The molecule has 0 radical (unpaired) electrons. The van der Waals surface area contributed by atoms with Gasteiger partial charge >= 0.3 is 6.18 Å². The average Bonchev–Trinajstić information content (AvgIpc) is 3.19. The van der Waals surface area contributed by atoms with E-state index in [0.29, 0.717) is 11.6 Å². The fourth-order valence-corrected chi connectivity index (χ4v) is 4.25. The van der Waals surface area contributed by atoms with Crippen LogP contribution in [-0.4, -0.2) is 30.4 Å². The Morgan fingerprint density at radius 1 is 1.12 bits per heavy atom. The molecule has 1 amide bonds. The quantitative estimate of drug-likeness (QED) is 0.405. The van der Waals surface area contributed by atoms with Gasteiger partial charge in [-0.05, 0) is 42.7 Å². The number of halogens is 4. The minimum atomic E-state index is -4.77. The summed E-state index contributed by atoms with van der Waals surface area (Å²) in [5, 5.41) is 3.51. The van der Waals surface area contributed by atoms with Gasteiger partial charge in [-0.2, -0.15) is 18.3 Å². The number of hydrogen-bond acceptors (Lipinski definition) is 5. The van der Waals surface area contributed by atoms with Crippen LogP contribution in [0.15, 0.2) is 58.3 Å². The molecule has 0 unspecified atom stereocenters. The fourth-order valence-electron chi connectivity index (χ4n) is 2.78. The summed E-state index contributed by atoms with van der Waals surface area (Å²) in [6.45, 7) is 1.44. The zero-order valence-electron chi connectivity index (χ0n) is 16.8. The summed E-state index contributed by atoms with van der Waals surface area (Å²) in [6.07, 6.45) is -3.04. The minimum Gasteiger partial charge on any atom is -0.274 e. The number of amides is 1. The Morgan fingerprint density at radius 3 is 2.31 bits per heavy atom. The van der Waals surface area contributed by atoms with Crippen molar-refractivity contribution in [3.05, 3.63) is 60.0 Å². The van der Waals surface area contributed by atoms with Gasteiger partial charge < -0.3 is 0 Å². The number of nitrogens with zero attached hydrogens (tertiary/aromatic N) is 2. The number of carbonyl (C=O) groups excluding carboxylic acids is 1. The maximum Gasteiger partial charge on any atom is 0.435 e. The Morgan fingerprint density at radius 2 is 1.78 bits per heavy atom. The van der Waals surface area contributed by atoms with Crippen LogP contribution < -0.4 is 4.72 Å². The molecule has 3 aromatic rings. The first-order chi connectivity index (χ1) is 15.0. The normalized spacial score (nSPS) is 12.1. The second-order valence-corrected chi connectivity index (χ2v) is 9.11. The standard InChI is InChI=1S/C20H17F4N3O3S2/c1-3-19(28)26-32(29,30)14-8-9-16(15(21)10-14)27-17(11-18(25-27)20(22,23)24)12-4-6-13(31-2)7-5-12/h4-11H,3H2,1-2H3,(H,26,28). The van der Waals surface area contributed by atoms with Gasteiger partial charge in [-0.15, -0.1) is 11.8 Å². The number of rotatable bonds is 6. The van der Waals surface area contributed by atoms with Gasteiger partial charge in [-0.3, -0.25) is 4.79 Å². The van der Waals surface area contributed by atoms with E-state index >= 15 is 0 Å². The molecule has 3 rings (SSSR count). The summed E-state index contributed by atoms with van der Waals surface area (Å²) >= 11 is 1.45. The summed E-state index contributed by atoms with van der Waals surface area (Å²) in [6, 6.07) is 9.95. The van der Waals surface area contributed by atoms with Gasteiger partial charge in [0, 0.05) is 16.9 Å². The third kappa shape index (κ3) is 4.96. The predicted octanol–water partition coefficient (Wildman–Crippen LogP) is 4.63. The van der Waals surface area contributed by atoms with Crippen molar-refractivity contribution < 1.29 is 30.8 Å². The molecule has 0 aliphatic carbocycles. The Balaban J connectivity index is 2.12. The van der Waals surface area contributed by atoms with Crippen molar-refractivity contribution in [3.8, 4) is 16.9 Å². The first-order valence-electron chi connectivity index (χ1n) is 9.13. The molecule has 0 atom stereocenters. The second kappa shape index (κ2) is 8.94. The molecule has 12 heteroatoms. The number of hydrogen-bond donors (Lipinski definition) is 1. The van der Waals surface area contributed by atoms with E-state index in [0.717, 1.165) is 27.8 Å². The smallest absolute Gasteiger partial charge is 0.274 e. The molecule has 2 aromatic carbocycles. The van der Waals surface area contributed by atoms with Crippen LogP contribution in [0.3, 0.4) is 0 Å². The van der Waals surface area contributed by atoms with Crippen LogP contribution in [-0.2, 0) is 21.0 Å². The molecule has 0 spiro atoms. The van der Waals surface area contributed by atoms with Crippen molar-refractivity contribution in [1.82, 2.24) is 14.5 Å². The highest BCUT2D eigenvalue weighted by molar-refractivity contribution is 7.98. The van der Waals surface area contributed by atoms with Crippen molar-refractivity contribution in [2.24, 2.45) is 0 Å². The van der Waals surface area contributed by atoms with Crippen LogP contribution >= 0.6 is 11.8 Å². The van der Waals surface area contributed by atoms with E-state index in [9.17, 15) is 30.8 Å². The Labute approximate surface area is 185 Å². The van der Waals surface area contributed by atoms with Crippen molar-refractivity contribution in [1.29, 1.82) is 0 Å². The molecule has 0 aliphatic rings. The average molecular weight is 488 g/mol. The van der Waals surface area contributed by atoms with Crippen molar-refractivity contribution in [2.75, 3.05) is 6.26 Å². The maximum absolute atomic E-state index is 14.9. The molecular weight excluding hydrogens is 470 g/mol. The fraction of sp³-hybridized carbons (Fsp3) is 0.200. The largest absolute Gasteiger partial charge is 0.435 e. The molecule has 0 fully saturated rings. The predicted molar refractivity (Wildman–Crippen MR) is 111 cm³/mol. The van der Waals surface area contributed by atoms with Crippen LogP contribution in [0.4, 0.5) is 17.6 Å². The van der Waals surface area contributed by atoms with Gasteiger partial charge in [-0.25, -0.2) is 22.2 Å². The maximum atomic E-state index is 14.9. The number of sulfonamides is 1. The number of nitrogens with one attached hydrogen (secondary N) is 1. The molecule has 32 heavy (non-hydrogen) atoms. The highest BCUT2D eigenvalue weighted by atomic mass is 32.2. The van der Waals surface area contributed by atoms with Gasteiger partial charge in [-0.1, -0.05) is 19.1 Å². The van der Waals surface area contributed by atoms with E-state index < -0.39 is 38.5 Å². The van der Waals surface area contributed by atoms with Crippen molar-refractivity contribution >= 4 is 27.7 Å². The van der Waals surface area contributed by atoms with Crippen LogP contribution in [0.25, 0.3) is 16.9 Å². The lowest BCUT2D eigenvalue weighted by Crippen LogP contribution is -2.29. The number of aromatic nitrogens is 2. The van der Waals surface area contributed by atoms with Gasteiger partial charge in [0.05, 0.1) is 10.6 Å². The van der Waals surface area contributed by atoms with E-state index in [2.05, 4.69) is 5.10 Å². The SMILES string of the molecule is CCC(=O)NS(=O)(=O)c1ccc(-n2nc(C(F)(F)F)cc2-c2ccc(SC)cc2)c(F)c1. The topological polar surface area (TPSA) is 81.1 Å². The van der Waals surface area contributed by atoms with Crippen molar-refractivity contribution in [2.45, 2.75) is 29.3 Å². The molecule has 0 saturated carbocycles. The first-order valence-corrected chi connectivity index (χ1v) is 11.8. The minimum absolute atomic E-state index is 0.0289. The molecule has 0 aliphatic heterocycles. The Hall–Kier alpha value is -2.86. The molecule has 1 N–H and O–H groups in total. The molecule has 0 saturated heterocycles. The van der Waals surface area contributed by atoms with Crippen LogP contribution in [0, 0.1) is 5.82 Å². The summed E-state index contributed by atoms with van der Waals surface area (Å²) in [4.78, 5) is 11.7. The van der Waals surface area contributed by atoms with E-state index in [-0.39, 0.29) is 17.8 Å². The molecule has 170 valence electrons. The number of thioether (sulfide) groups is 1. The third-order valence-electron chi connectivity index (χ3n) is 4.41. The lowest BCUT2D eigenvalue weighted by Gasteiger charge is -2.11. The van der Waals surface area contributed by atoms with Gasteiger partial charge in [0.1, 0.15) is 11.5 Å². The molecule has 6 nitrogen and oxygen atoms in total. The number of benzene rings is 2. The lowest BCUT2D eigenvalue weighted by atomic mass is 10.1. The van der Waals surface area contributed by atoms with E-state index in [1.165, 1.54) is 18.7 Å².